The number of piperidine rings is 1. The molecule has 148 valence electrons. The van der Waals surface area contributed by atoms with Crippen molar-refractivity contribution < 1.29 is 4.79 Å². The fourth-order valence-corrected chi connectivity index (χ4v) is 4.26. The first-order valence-corrected chi connectivity index (χ1v) is 10.5. The minimum absolute atomic E-state index is 0.0343. The summed E-state index contributed by atoms with van der Waals surface area (Å²) < 4.78 is 0. The van der Waals surface area contributed by atoms with Crippen molar-refractivity contribution in [2.75, 3.05) is 41.3 Å². The highest BCUT2D eigenvalue weighted by molar-refractivity contribution is 5.96. The largest absolute Gasteiger partial charge is 0.370 e. The van der Waals surface area contributed by atoms with E-state index in [1.807, 2.05) is 12.1 Å². The van der Waals surface area contributed by atoms with Crippen molar-refractivity contribution >= 4 is 23.1 Å². The van der Waals surface area contributed by atoms with Gasteiger partial charge in [0.25, 0.3) is 0 Å². The number of carbonyl (C=O) groups excluding carboxylic acids is 1. The molecule has 4 rings (SSSR count). The molecule has 0 bridgehead atoms. The Bertz CT molecular complexity index is 774. The number of nitrogens with one attached hydrogen (secondary N) is 1. The molecule has 2 aliphatic rings. The molecule has 28 heavy (non-hydrogen) atoms. The van der Waals surface area contributed by atoms with E-state index in [1.54, 1.807) is 18.6 Å². The maximum atomic E-state index is 13.1. The number of anilines is 3. The quantitative estimate of drug-likeness (QED) is 0.877. The smallest absolute Gasteiger partial charge is 0.229 e. The van der Waals surface area contributed by atoms with Gasteiger partial charge in [-0.05, 0) is 37.8 Å². The summed E-state index contributed by atoms with van der Waals surface area (Å²) in [6.45, 7) is 3.75. The summed E-state index contributed by atoms with van der Waals surface area (Å²) in [5, 5.41) is 3.23. The van der Waals surface area contributed by atoms with Crippen LogP contribution in [0.1, 0.15) is 38.5 Å². The molecular weight excluding hydrogens is 350 g/mol. The topological polar surface area (TPSA) is 61.4 Å². The van der Waals surface area contributed by atoms with E-state index in [9.17, 15) is 4.79 Å². The Balaban J connectivity index is 1.45. The Morgan fingerprint density at radius 3 is 2.54 bits per heavy atom. The van der Waals surface area contributed by atoms with Crippen LogP contribution in [0.15, 0.2) is 42.9 Å². The normalized spacial score (nSPS) is 20.5. The molecular formula is C22H29N5O. The highest BCUT2D eigenvalue weighted by Crippen LogP contribution is 2.29. The van der Waals surface area contributed by atoms with E-state index in [0.29, 0.717) is 6.54 Å². The average molecular weight is 380 g/mol. The van der Waals surface area contributed by atoms with Crippen LogP contribution in [-0.4, -0.2) is 42.1 Å². The number of para-hydroxylation sites is 2. The second kappa shape index (κ2) is 9.04. The summed E-state index contributed by atoms with van der Waals surface area (Å²) in [6, 6.07) is 8.23. The predicted molar refractivity (Wildman–Crippen MR) is 113 cm³/mol. The van der Waals surface area contributed by atoms with Crippen molar-refractivity contribution in [1.29, 1.82) is 0 Å². The molecule has 2 saturated heterocycles. The Kier molecular flexibility index (Phi) is 6.04. The molecule has 0 spiro atoms. The molecule has 2 aromatic rings. The van der Waals surface area contributed by atoms with Crippen LogP contribution < -0.4 is 15.1 Å². The number of aromatic nitrogens is 2. The summed E-state index contributed by atoms with van der Waals surface area (Å²) in [5.41, 5.74) is 2.09. The monoisotopic (exact) mass is 379 g/mol. The maximum Gasteiger partial charge on any atom is 0.229 e. The van der Waals surface area contributed by atoms with Gasteiger partial charge in [0.05, 0.1) is 23.5 Å². The molecule has 3 heterocycles. The van der Waals surface area contributed by atoms with Gasteiger partial charge in [-0.3, -0.25) is 9.78 Å². The number of amides is 1. The van der Waals surface area contributed by atoms with Gasteiger partial charge in [-0.1, -0.05) is 25.0 Å². The molecule has 6 nitrogen and oxygen atoms in total. The maximum absolute atomic E-state index is 13.1. The second-order valence-electron chi connectivity index (χ2n) is 7.76. The van der Waals surface area contributed by atoms with Gasteiger partial charge in [0, 0.05) is 38.6 Å². The van der Waals surface area contributed by atoms with Crippen molar-refractivity contribution in [2.24, 2.45) is 5.92 Å². The number of hydrogen-bond donors (Lipinski definition) is 1. The molecule has 1 N–H and O–H groups in total. The lowest BCUT2D eigenvalue weighted by Crippen LogP contribution is -2.41. The number of rotatable bonds is 4. The van der Waals surface area contributed by atoms with Gasteiger partial charge in [0.15, 0.2) is 0 Å². The van der Waals surface area contributed by atoms with Gasteiger partial charge in [0.2, 0.25) is 5.91 Å². The van der Waals surface area contributed by atoms with Gasteiger partial charge < -0.3 is 15.1 Å². The lowest BCUT2D eigenvalue weighted by atomic mass is 9.97. The van der Waals surface area contributed by atoms with Crippen LogP contribution in [0.3, 0.4) is 0 Å². The Labute approximate surface area is 167 Å². The summed E-state index contributed by atoms with van der Waals surface area (Å²) >= 11 is 0. The molecule has 1 amide bonds. The molecule has 2 aliphatic heterocycles. The number of nitrogens with zero attached hydrogens (tertiary/aromatic N) is 4. The van der Waals surface area contributed by atoms with Crippen LogP contribution in [0, 0.1) is 5.92 Å². The zero-order valence-corrected chi connectivity index (χ0v) is 16.4. The summed E-state index contributed by atoms with van der Waals surface area (Å²) in [6.07, 6.45) is 12.1. The van der Waals surface area contributed by atoms with Crippen molar-refractivity contribution in [3.8, 4) is 0 Å². The van der Waals surface area contributed by atoms with Crippen LogP contribution in [0.25, 0.3) is 0 Å². The Morgan fingerprint density at radius 1 is 0.964 bits per heavy atom. The summed E-state index contributed by atoms with van der Waals surface area (Å²) in [7, 11) is 0. The van der Waals surface area contributed by atoms with Crippen molar-refractivity contribution in [2.45, 2.75) is 38.5 Å². The summed E-state index contributed by atoms with van der Waals surface area (Å²) in [5.74, 6) is 0.925. The van der Waals surface area contributed by atoms with Crippen LogP contribution in [0.4, 0.5) is 17.2 Å². The molecule has 2 fully saturated rings. The number of hydrogen-bond acceptors (Lipinski definition) is 5. The van der Waals surface area contributed by atoms with E-state index in [-0.39, 0.29) is 11.8 Å². The molecule has 1 aromatic heterocycles. The van der Waals surface area contributed by atoms with Crippen LogP contribution in [0.5, 0.6) is 0 Å². The van der Waals surface area contributed by atoms with E-state index in [2.05, 4.69) is 37.2 Å². The molecule has 0 aliphatic carbocycles. The van der Waals surface area contributed by atoms with E-state index in [4.69, 9.17) is 0 Å². The highest BCUT2D eigenvalue weighted by atomic mass is 16.1. The van der Waals surface area contributed by atoms with Crippen LogP contribution >= 0.6 is 0 Å². The third kappa shape index (κ3) is 4.43. The Hall–Kier alpha value is -2.63. The second-order valence-corrected chi connectivity index (χ2v) is 7.76. The van der Waals surface area contributed by atoms with E-state index in [1.165, 1.54) is 25.7 Å². The lowest BCUT2D eigenvalue weighted by Gasteiger charge is -2.33. The van der Waals surface area contributed by atoms with E-state index in [0.717, 1.165) is 49.7 Å². The van der Waals surface area contributed by atoms with Gasteiger partial charge >= 0.3 is 0 Å². The van der Waals surface area contributed by atoms with Crippen molar-refractivity contribution in [1.82, 2.24) is 9.97 Å². The molecule has 1 aromatic carbocycles. The Morgan fingerprint density at radius 2 is 1.75 bits per heavy atom. The fourth-order valence-electron chi connectivity index (χ4n) is 4.26. The first-order chi connectivity index (χ1) is 13.8. The molecule has 6 heteroatoms. The lowest BCUT2D eigenvalue weighted by molar-refractivity contribution is -0.120. The third-order valence-corrected chi connectivity index (χ3v) is 5.77. The predicted octanol–water partition coefficient (Wildman–Crippen LogP) is 3.71. The zero-order chi connectivity index (χ0) is 19.2. The standard InChI is InChI=1S/C22H29N5O/c28-22(18-8-7-15-27(17-18)21-16-23-11-12-24-21)25-19-9-3-4-10-20(19)26-13-5-1-2-6-14-26/h3-4,9-12,16,18H,1-2,5-8,13-15,17H2,(H,25,28)/t18-/m1/s1. The van der Waals surface area contributed by atoms with Crippen molar-refractivity contribution in [3.05, 3.63) is 42.9 Å². The average Bonchev–Trinajstić information content (AvgIpc) is 3.04. The zero-order valence-electron chi connectivity index (χ0n) is 16.4. The third-order valence-electron chi connectivity index (χ3n) is 5.77. The van der Waals surface area contributed by atoms with Crippen LogP contribution in [0.2, 0.25) is 0 Å². The first kappa shape index (κ1) is 18.7. The summed E-state index contributed by atoms with van der Waals surface area (Å²) in [4.78, 5) is 26.2. The fraction of sp³-hybridized carbons (Fsp3) is 0.500. The minimum atomic E-state index is -0.0343. The minimum Gasteiger partial charge on any atom is -0.370 e. The van der Waals surface area contributed by atoms with Gasteiger partial charge in [-0.25, -0.2) is 4.98 Å². The molecule has 0 radical (unpaired) electrons. The van der Waals surface area contributed by atoms with Gasteiger partial charge in [0.1, 0.15) is 5.82 Å². The van der Waals surface area contributed by atoms with Gasteiger partial charge in [-0.2, -0.15) is 0 Å². The van der Waals surface area contributed by atoms with E-state index >= 15 is 0 Å². The van der Waals surface area contributed by atoms with Gasteiger partial charge in [-0.15, -0.1) is 0 Å². The SMILES string of the molecule is O=C(Nc1ccccc1N1CCCCCC1)[C@@H]1CCCN(c2cnccn2)C1. The van der Waals surface area contributed by atoms with E-state index < -0.39 is 0 Å². The van der Waals surface area contributed by atoms with Crippen molar-refractivity contribution in [3.63, 3.8) is 0 Å². The number of benzene rings is 1. The van der Waals surface area contributed by atoms with Crippen LogP contribution in [-0.2, 0) is 4.79 Å². The molecule has 0 saturated carbocycles. The number of carbonyl (C=O) groups is 1. The highest BCUT2D eigenvalue weighted by Gasteiger charge is 2.27. The molecule has 0 unspecified atom stereocenters. The molecule has 1 atom stereocenters. The first-order valence-electron chi connectivity index (χ1n) is 10.5.